The Labute approximate surface area is 153 Å². The molecule has 0 aliphatic heterocycles. The van der Waals surface area contributed by atoms with Gasteiger partial charge in [0.2, 0.25) is 5.91 Å². The number of hydrogen-bond donors (Lipinski definition) is 1. The Bertz CT molecular complexity index is 893. The van der Waals surface area contributed by atoms with E-state index in [0.29, 0.717) is 16.4 Å². The van der Waals surface area contributed by atoms with Crippen molar-refractivity contribution in [2.75, 3.05) is 16.2 Å². The quantitative estimate of drug-likeness (QED) is 0.773. The largest absolute Gasteiger partial charge is 0.326 e. The Hall–Kier alpha value is -2.31. The number of halogens is 1. The summed E-state index contributed by atoms with van der Waals surface area (Å²) in [7, 11) is -3.81. The first-order chi connectivity index (χ1) is 11.8. The minimum absolute atomic E-state index is 0.108. The predicted octanol–water partition coefficient (Wildman–Crippen LogP) is 3.99. The standard InChI is InChI=1S/C18H19ClN2O3S/c1-4-11-21(18-12-15(19)6-5-13(18)2)25(23,24)17-9-7-16(8-10-17)20-14(3)22/h4-10,12H,1,11H2,2-3H3,(H,20,22). The maximum absolute atomic E-state index is 13.1. The van der Waals surface area contributed by atoms with Crippen molar-refractivity contribution >= 4 is 38.9 Å². The van der Waals surface area contributed by atoms with Crippen LogP contribution in [0.25, 0.3) is 0 Å². The van der Waals surface area contributed by atoms with E-state index in [9.17, 15) is 13.2 Å². The molecular weight excluding hydrogens is 360 g/mol. The van der Waals surface area contributed by atoms with E-state index in [2.05, 4.69) is 11.9 Å². The van der Waals surface area contributed by atoms with Crippen molar-refractivity contribution in [2.45, 2.75) is 18.7 Å². The Morgan fingerprint density at radius 3 is 2.44 bits per heavy atom. The highest BCUT2D eigenvalue weighted by molar-refractivity contribution is 7.92. The summed E-state index contributed by atoms with van der Waals surface area (Å²) in [5.74, 6) is -0.224. The number of aryl methyl sites for hydroxylation is 1. The lowest BCUT2D eigenvalue weighted by Gasteiger charge is -2.25. The smallest absolute Gasteiger partial charge is 0.264 e. The molecule has 25 heavy (non-hydrogen) atoms. The fourth-order valence-corrected chi connectivity index (χ4v) is 3.99. The summed E-state index contributed by atoms with van der Waals surface area (Å²) < 4.78 is 27.4. The van der Waals surface area contributed by atoms with Gasteiger partial charge in [0.25, 0.3) is 10.0 Å². The molecule has 2 rings (SSSR count). The van der Waals surface area contributed by atoms with E-state index >= 15 is 0 Å². The van der Waals surface area contributed by atoms with Gasteiger partial charge in [-0.1, -0.05) is 23.7 Å². The molecule has 0 saturated heterocycles. The molecule has 0 radical (unpaired) electrons. The van der Waals surface area contributed by atoms with E-state index in [4.69, 9.17) is 11.6 Å². The topological polar surface area (TPSA) is 66.5 Å². The molecule has 2 aromatic carbocycles. The number of benzene rings is 2. The Kier molecular flexibility index (Phi) is 5.87. The van der Waals surface area contributed by atoms with Crippen LogP contribution in [0.4, 0.5) is 11.4 Å². The lowest BCUT2D eigenvalue weighted by Crippen LogP contribution is -2.31. The second-order valence-electron chi connectivity index (χ2n) is 5.46. The Balaban J connectivity index is 2.47. The highest BCUT2D eigenvalue weighted by atomic mass is 35.5. The normalized spacial score (nSPS) is 11.0. The molecule has 5 nitrogen and oxygen atoms in total. The first-order valence-corrected chi connectivity index (χ1v) is 9.35. The second-order valence-corrected chi connectivity index (χ2v) is 7.76. The number of sulfonamides is 1. The summed E-state index contributed by atoms with van der Waals surface area (Å²) >= 11 is 6.04. The zero-order valence-corrected chi connectivity index (χ0v) is 15.6. The van der Waals surface area contributed by atoms with Gasteiger partial charge in [0.1, 0.15) is 0 Å². The van der Waals surface area contributed by atoms with Gasteiger partial charge >= 0.3 is 0 Å². The van der Waals surface area contributed by atoms with Gasteiger partial charge in [0.05, 0.1) is 17.1 Å². The number of carbonyl (C=O) groups is 1. The molecule has 7 heteroatoms. The fraction of sp³-hybridized carbons (Fsp3) is 0.167. The maximum atomic E-state index is 13.1. The molecule has 0 fully saturated rings. The number of amides is 1. The van der Waals surface area contributed by atoms with Crippen molar-refractivity contribution in [3.05, 3.63) is 65.7 Å². The number of rotatable bonds is 6. The minimum atomic E-state index is -3.81. The molecule has 132 valence electrons. The van der Waals surface area contributed by atoms with Crippen molar-refractivity contribution in [1.29, 1.82) is 0 Å². The van der Waals surface area contributed by atoms with Crippen LogP contribution in [0.3, 0.4) is 0 Å². The van der Waals surface area contributed by atoms with Gasteiger partial charge in [-0.2, -0.15) is 0 Å². The Morgan fingerprint density at radius 2 is 1.88 bits per heavy atom. The molecule has 0 aromatic heterocycles. The molecule has 0 bridgehead atoms. The molecule has 0 aliphatic carbocycles. The fourth-order valence-electron chi connectivity index (χ4n) is 2.34. The van der Waals surface area contributed by atoms with Crippen LogP contribution >= 0.6 is 11.6 Å². The highest BCUT2D eigenvalue weighted by Crippen LogP contribution is 2.29. The van der Waals surface area contributed by atoms with E-state index in [0.717, 1.165) is 5.56 Å². The first kappa shape index (κ1) is 19.0. The van der Waals surface area contributed by atoms with Gasteiger partial charge < -0.3 is 5.32 Å². The third kappa shape index (κ3) is 4.41. The minimum Gasteiger partial charge on any atom is -0.326 e. The lowest BCUT2D eigenvalue weighted by atomic mass is 10.2. The van der Waals surface area contributed by atoms with Crippen LogP contribution in [0.1, 0.15) is 12.5 Å². The number of nitrogens with one attached hydrogen (secondary N) is 1. The summed E-state index contributed by atoms with van der Waals surface area (Å²) in [6.45, 7) is 6.96. The van der Waals surface area contributed by atoms with Crippen LogP contribution in [0.15, 0.2) is 60.0 Å². The third-order valence-corrected chi connectivity index (χ3v) is 5.53. The number of hydrogen-bond acceptors (Lipinski definition) is 3. The number of nitrogens with zero attached hydrogens (tertiary/aromatic N) is 1. The molecule has 0 aliphatic rings. The summed E-state index contributed by atoms with van der Waals surface area (Å²) in [6.07, 6.45) is 1.52. The van der Waals surface area contributed by atoms with E-state index in [1.54, 1.807) is 30.3 Å². The summed E-state index contributed by atoms with van der Waals surface area (Å²) in [6, 6.07) is 11.1. The van der Waals surface area contributed by atoms with E-state index in [1.165, 1.54) is 29.4 Å². The molecule has 1 N–H and O–H groups in total. The predicted molar refractivity (Wildman–Crippen MR) is 102 cm³/mol. The van der Waals surface area contributed by atoms with Crippen molar-refractivity contribution in [2.24, 2.45) is 0 Å². The first-order valence-electron chi connectivity index (χ1n) is 7.53. The van der Waals surface area contributed by atoms with Gasteiger partial charge in [-0.3, -0.25) is 9.10 Å². The molecule has 0 saturated carbocycles. The van der Waals surface area contributed by atoms with Crippen LogP contribution in [0, 0.1) is 6.92 Å². The summed E-state index contributed by atoms with van der Waals surface area (Å²) in [5.41, 5.74) is 1.81. The zero-order valence-electron chi connectivity index (χ0n) is 14.0. The van der Waals surface area contributed by atoms with Crippen molar-refractivity contribution in [3.8, 4) is 0 Å². The molecule has 0 heterocycles. The number of anilines is 2. The monoisotopic (exact) mass is 378 g/mol. The van der Waals surface area contributed by atoms with Gasteiger partial charge in [0.15, 0.2) is 0 Å². The average molecular weight is 379 g/mol. The molecule has 2 aromatic rings. The van der Waals surface area contributed by atoms with Crippen LogP contribution in [-0.4, -0.2) is 20.9 Å². The molecular formula is C18H19ClN2O3S. The molecule has 1 amide bonds. The van der Waals surface area contributed by atoms with E-state index in [-0.39, 0.29) is 17.3 Å². The third-order valence-electron chi connectivity index (χ3n) is 3.50. The van der Waals surface area contributed by atoms with Gasteiger partial charge in [-0.15, -0.1) is 6.58 Å². The van der Waals surface area contributed by atoms with Gasteiger partial charge in [-0.05, 0) is 48.9 Å². The van der Waals surface area contributed by atoms with Gasteiger partial charge in [-0.25, -0.2) is 8.42 Å². The van der Waals surface area contributed by atoms with Crippen LogP contribution < -0.4 is 9.62 Å². The SMILES string of the molecule is C=CCN(c1cc(Cl)ccc1C)S(=O)(=O)c1ccc(NC(C)=O)cc1. The average Bonchev–Trinajstić information content (AvgIpc) is 2.55. The van der Waals surface area contributed by atoms with Crippen LogP contribution in [-0.2, 0) is 14.8 Å². The lowest BCUT2D eigenvalue weighted by molar-refractivity contribution is -0.114. The second kappa shape index (κ2) is 7.72. The maximum Gasteiger partial charge on any atom is 0.264 e. The van der Waals surface area contributed by atoms with E-state index < -0.39 is 10.0 Å². The summed E-state index contributed by atoms with van der Waals surface area (Å²) in [5, 5.41) is 3.05. The van der Waals surface area contributed by atoms with Crippen LogP contribution in [0.5, 0.6) is 0 Å². The highest BCUT2D eigenvalue weighted by Gasteiger charge is 2.25. The molecule has 0 unspecified atom stereocenters. The van der Waals surface area contributed by atoms with Crippen molar-refractivity contribution in [3.63, 3.8) is 0 Å². The summed E-state index contributed by atoms with van der Waals surface area (Å²) in [4.78, 5) is 11.2. The zero-order chi connectivity index (χ0) is 18.6. The van der Waals surface area contributed by atoms with E-state index in [1.807, 2.05) is 6.92 Å². The van der Waals surface area contributed by atoms with Crippen molar-refractivity contribution in [1.82, 2.24) is 0 Å². The van der Waals surface area contributed by atoms with Crippen LogP contribution in [0.2, 0.25) is 5.02 Å². The number of carbonyl (C=O) groups excluding carboxylic acids is 1. The Morgan fingerprint density at radius 1 is 1.24 bits per heavy atom. The van der Waals surface area contributed by atoms with Crippen molar-refractivity contribution < 1.29 is 13.2 Å². The molecule has 0 atom stereocenters. The van der Waals surface area contributed by atoms with Gasteiger partial charge in [0, 0.05) is 17.6 Å². The molecule has 0 spiro atoms.